The number of ether oxygens (including phenoxy) is 2. The molecule has 0 amide bonds. The van der Waals surface area contributed by atoms with Crippen molar-refractivity contribution < 1.29 is 42.7 Å². The fraction of sp³-hybridized carbons (Fsp3) is 0.250. The molecule has 260 valence electrons. The van der Waals surface area contributed by atoms with E-state index in [1.807, 2.05) is 84.9 Å². The average Bonchev–Trinajstić information content (AvgIpc) is 3.15. The van der Waals surface area contributed by atoms with Crippen LogP contribution < -0.4 is 40.2 Å². The smallest absolute Gasteiger partial charge is 0.213 e. The largest absolute Gasteiger partial charge is 0.867 e. The molecular formula is C40H44BFN2O6. The highest BCUT2D eigenvalue weighted by atomic mass is 19.1. The van der Waals surface area contributed by atoms with Gasteiger partial charge in [0.2, 0.25) is 10.7 Å². The molecular weight excluding hydrogens is 634 g/mol. The van der Waals surface area contributed by atoms with Crippen molar-refractivity contribution in [2.24, 2.45) is 0 Å². The Labute approximate surface area is 292 Å². The van der Waals surface area contributed by atoms with Crippen LogP contribution in [0.25, 0.3) is 44.6 Å². The van der Waals surface area contributed by atoms with Gasteiger partial charge in [0, 0.05) is 24.0 Å². The van der Waals surface area contributed by atoms with E-state index in [2.05, 4.69) is 48.1 Å². The van der Waals surface area contributed by atoms with Crippen LogP contribution in [0, 0.1) is 0 Å². The summed E-state index contributed by atoms with van der Waals surface area (Å²) in [5.41, 5.74) is 3.85. The standard InChI is InChI=1S/2C20H21NO2.BFO2/c2*1-3-4-13-21-18-14-20(15-9-11-16(22-2)12-10-15)23-19-8-6-5-7-17(18)19;2-1(3)4/h2*5-12,14H,3-4,13H2,1-2H3;/q;;-2/p+2. The van der Waals surface area contributed by atoms with E-state index in [9.17, 15) is 4.32 Å². The minimum atomic E-state index is -3.17. The molecule has 10 heteroatoms. The molecule has 2 heterocycles. The number of benzene rings is 4. The molecule has 0 saturated carbocycles. The number of methoxy groups -OCH3 is 2. The van der Waals surface area contributed by atoms with E-state index in [4.69, 9.17) is 28.4 Å². The first-order chi connectivity index (χ1) is 24.4. The summed E-state index contributed by atoms with van der Waals surface area (Å²) in [6.07, 6.45) is 4.65. The van der Waals surface area contributed by atoms with Gasteiger partial charge in [-0.3, -0.25) is 0 Å². The van der Waals surface area contributed by atoms with Crippen LogP contribution in [0.4, 0.5) is 4.32 Å². The minimum absolute atomic E-state index is 0.843. The van der Waals surface area contributed by atoms with Gasteiger partial charge >= 0.3 is 0 Å². The average molecular weight is 679 g/mol. The zero-order valence-corrected chi connectivity index (χ0v) is 29.0. The van der Waals surface area contributed by atoms with Crippen LogP contribution in [0.1, 0.15) is 39.5 Å². The highest BCUT2D eigenvalue weighted by molar-refractivity contribution is 6.27. The lowest BCUT2D eigenvalue weighted by Crippen LogP contribution is -2.76. The van der Waals surface area contributed by atoms with E-state index in [-0.39, 0.29) is 0 Å². The predicted molar refractivity (Wildman–Crippen MR) is 191 cm³/mol. The minimum Gasteiger partial charge on any atom is -0.867 e. The normalized spacial score (nSPS) is 11.4. The number of hydrogen-bond donors (Lipinski definition) is 2. The summed E-state index contributed by atoms with van der Waals surface area (Å²) in [4.78, 5) is 7.07. The molecule has 8 nitrogen and oxygen atoms in total. The predicted octanol–water partition coefficient (Wildman–Crippen LogP) is 3.44. The van der Waals surface area contributed by atoms with Crippen molar-refractivity contribution >= 4 is 29.3 Å². The summed E-state index contributed by atoms with van der Waals surface area (Å²) in [5, 5.41) is 21.1. The third kappa shape index (κ3) is 10.9. The fourth-order valence-corrected chi connectivity index (χ4v) is 5.16. The molecule has 0 aliphatic heterocycles. The van der Waals surface area contributed by atoms with E-state index in [0.29, 0.717) is 0 Å². The van der Waals surface area contributed by atoms with Gasteiger partial charge in [0.1, 0.15) is 54.7 Å². The van der Waals surface area contributed by atoms with Crippen molar-refractivity contribution in [3.05, 3.63) is 120 Å². The maximum Gasteiger partial charge on any atom is 0.213 e. The first-order valence-corrected chi connectivity index (χ1v) is 16.8. The summed E-state index contributed by atoms with van der Waals surface area (Å²) >= 11 is 0. The monoisotopic (exact) mass is 678 g/mol. The number of unbranched alkanes of at least 4 members (excludes halogenated alkanes) is 2. The van der Waals surface area contributed by atoms with Gasteiger partial charge in [0.15, 0.2) is 0 Å². The Balaban J connectivity index is 0.000000203. The molecule has 0 spiro atoms. The second-order valence-electron chi connectivity index (χ2n) is 11.3. The van der Waals surface area contributed by atoms with Crippen LogP contribution in [0.3, 0.4) is 0 Å². The van der Waals surface area contributed by atoms with Crippen molar-refractivity contribution in [3.63, 3.8) is 0 Å². The second kappa shape index (κ2) is 19.7. The number of para-hydroxylation sites is 2. The van der Waals surface area contributed by atoms with Gasteiger partial charge in [-0.15, -0.1) is 0 Å². The summed E-state index contributed by atoms with van der Waals surface area (Å²) in [6, 6.07) is 36.3. The molecule has 2 N–H and O–H groups in total. The molecule has 0 aliphatic rings. The molecule has 0 saturated heterocycles. The summed E-state index contributed by atoms with van der Waals surface area (Å²) in [6.45, 7) is 6.32. The maximum atomic E-state index is 9.89. The fourth-order valence-electron chi connectivity index (χ4n) is 5.16. The van der Waals surface area contributed by atoms with Crippen LogP contribution in [0.15, 0.2) is 118 Å². The Morgan fingerprint density at radius 2 is 0.960 bits per heavy atom. The third-order valence-electron chi connectivity index (χ3n) is 7.79. The Bertz CT molecular complexity index is 1910. The van der Waals surface area contributed by atoms with Crippen molar-refractivity contribution in [1.82, 2.24) is 0 Å². The van der Waals surface area contributed by atoms with Crippen molar-refractivity contribution in [2.75, 3.05) is 27.3 Å². The quantitative estimate of drug-likeness (QED) is 0.169. The number of fused-ring (bicyclic) bond motifs is 2. The van der Waals surface area contributed by atoms with Gasteiger partial charge < -0.3 is 32.7 Å². The molecule has 2 aromatic heterocycles. The van der Waals surface area contributed by atoms with Crippen LogP contribution in [-0.4, -0.2) is 34.7 Å². The number of halogens is 1. The number of hydrogen-bond acceptors (Lipinski definition) is 6. The molecule has 4 aromatic carbocycles. The van der Waals surface area contributed by atoms with E-state index in [1.54, 1.807) is 14.2 Å². The summed E-state index contributed by atoms with van der Waals surface area (Å²) in [5.74, 6) is 3.39. The molecule has 0 radical (unpaired) electrons. The van der Waals surface area contributed by atoms with E-state index in [0.717, 1.165) is 92.7 Å². The SMILES string of the molecule is CCCC[NH+]=c1cc(-c2ccc(OC)cc2)oc2ccccc12.CCCC[NH+]=c1cc(-c2ccc(OC)cc2)oc2ccccc12.[O-]B([O-])F. The van der Waals surface area contributed by atoms with Crippen molar-refractivity contribution in [3.8, 4) is 34.1 Å². The Morgan fingerprint density at radius 3 is 1.30 bits per heavy atom. The lowest BCUT2D eigenvalue weighted by atomic mass is 10.1. The van der Waals surface area contributed by atoms with Crippen LogP contribution in [0.5, 0.6) is 11.5 Å². The molecule has 6 aromatic rings. The highest BCUT2D eigenvalue weighted by Crippen LogP contribution is 2.25. The van der Waals surface area contributed by atoms with Gasteiger partial charge in [-0.2, -0.15) is 0 Å². The third-order valence-corrected chi connectivity index (χ3v) is 7.79. The zero-order chi connectivity index (χ0) is 35.7. The highest BCUT2D eigenvalue weighted by Gasteiger charge is 2.10. The van der Waals surface area contributed by atoms with E-state index in [1.165, 1.54) is 12.8 Å². The molecule has 0 bridgehead atoms. The summed E-state index contributed by atoms with van der Waals surface area (Å²) in [7, 11) is 0.177. The van der Waals surface area contributed by atoms with Gasteiger partial charge in [-0.05, 0) is 72.8 Å². The first-order valence-electron chi connectivity index (χ1n) is 16.8. The van der Waals surface area contributed by atoms with Crippen LogP contribution in [0.2, 0.25) is 0 Å². The maximum absolute atomic E-state index is 9.89. The Hall–Kier alpha value is -5.19. The molecule has 50 heavy (non-hydrogen) atoms. The zero-order valence-electron chi connectivity index (χ0n) is 29.0. The molecule has 6 rings (SSSR count). The molecule has 0 aliphatic carbocycles. The van der Waals surface area contributed by atoms with Crippen LogP contribution in [-0.2, 0) is 0 Å². The molecule has 0 unspecified atom stereocenters. The number of rotatable bonds is 10. The molecule has 0 fully saturated rings. The van der Waals surface area contributed by atoms with Gasteiger partial charge in [-0.25, -0.2) is 9.98 Å². The van der Waals surface area contributed by atoms with E-state index < -0.39 is 7.40 Å². The lowest BCUT2D eigenvalue weighted by molar-refractivity contribution is -0.499. The van der Waals surface area contributed by atoms with E-state index >= 15 is 0 Å². The van der Waals surface area contributed by atoms with Gasteiger partial charge in [-0.1, -0.05) is 51.0 Å². The number of nitrogens with one attached hydrogen (secondary N) is 2. The van der Waals surface area contributed by atoms with Gasteiger partial charge in [0.05, 0.1) is 37.1 Å². The Kier molecular flexibility index (Phi) is 14.8. The molecule has 0 atom stereocenters. The van der Waals surface area contributed by atoms with Crippen molar-refractivity contribution in [2.45, 2.75) is 39.5 Å². The topological polar surface area (TPSA) is 119 Å². The summed E-state index contributed by atoms with van der Waals surface area (Å²) < 4.78 is 32.5. The lowest BCUT2D eigenvalue weighted by Gasteiger charge is -2.09. The second-order valence-corrected chi connectivity index (χ2v) is 11.3. The first kappa shape index (κ1) is 37.6. The van der Waals surface area contributed by atoms with Crippen molar-refractivity contribution in [1.29, 1.82) is 0 Å². The Morgan fingerprint density at radius 1 is 0.600 bits per heavy atom. The van der Waals surface area contributed by atoms with Gasteiger partial charge in [0.25, 0.3) is 0 Å². The van der Waals surface area contributed by atoms with Crippen LogP contribution >= 0.6 is 0 Å².